The summed E-state index contributed by atoms with van der Waals surface area (Å²) in [5.41, 5.74) is 7.48. The fraction of sp³-hybridized carbons (Fsp3) is 0.321. The van der Waals surface area contributed by atoms with Crippen molar-refractivity contribution in [3.05, 3.63) is 70.1 Å². The molecule has 4 N–H and O–H groups in total. The standard InChI is InChI=1S/C28H32ClN5O6S2/c1-28(2,3)40-27(36)19(30)14-23(35)31-15-17-7-5-8-18(13-17)16-34-20-9-6-10-21(39-4)25(20)26(32-34)33-42(37,38)24-12-11-22(29)41-24/h5-13,19H,14-16,30H2,1-4H3,(H,31,35)(H,32,33)/t19-/m0/s1. The number of rotatable bonds is 11. The van der Waals surface area contributed by atoms with E-state index in [1.54, 1.807) is 37.6 Å². The average Bonchev–Trinajstić information content (AvgIpc) is 3.50. The van der Waals surface area contributed by atoms with Gasteiger partial charge in [-0.2, -0.15) is 5.10 Å². The Bertz CT molecular complexity index is 1710. The quantitative estimate of drug-likeness (QED) is 0.207. The number of hydrogen-bond donors (Lipinski definition) is 3. The highest BCUT2D eigenvalue weighted by Gasteiger charge is 2.25. The Balaban J connectivity index is 1.50. The molecule has 0 unspecified atom stereocenters. The zero-order chi connectivity index (χ0) is 30.7. The number of carbonyl (C=O) groups excluding carboxylic acids is 2. The molecule has 42 heavy (non-hydrogen) atoms. The highest BCUT2D eigenvalue weighted by Crippen LogP contribution is 2.35. The second kappa shape index (κ2) is 12.7. The Labute approximate surface area is 253 Å². The molecule has 14 heteroatoms. The first-order valence-corrected chi connectivity index (χ1v) is 15.6. The monoisotopic (exact) mass is 633 g/mol. The van der Waals surface area contributed by atoms with Gasteiger partial charge in [0.05, 0.1) is 35.3 Å². The van der Waals surface area contributed by atoms with Crippen LogP contribution in [0.2, 0.25) is 4.34 Å². The number of amides is 1. The predicted molar refractivity (Wildman–Crippen MR) is 162 cm³/mol. The van der Waals surface area contributed by atoms with Crippen molar-refractivity contribution in [2.75, 3.05) is 11.8 Å². The molecule has 4 rings (SSSR count). The molecule has 2 aromatic heterocycles. The highest BCUT2D eigenvalue weighted by atomic mass is 35.5. The lowest BCUT2D eigenvalue weighted by molar-refractivity contribution is -0.157. The number of fused-ring (bicyclic) bond motifs is 1. The smallest absolute Gasteiger partial charge is 0.323 e. The number of methoxy groups -OCH3 is 1. The van der Waals surface area contributed by atoms with E-state index in [9.17, 15) is 18.0 Å². The number of benzene rings is 2. The number of halogens is 1. The van der Waals surface area contributed by atoms with Gasteiger partial charge in [0.25, 0.3) is 10.0 Å². The van der Waals surface area contributed by atoms with E-state index in [4.69, 9.17) is 26.8 Å². The molecule has 0 aliphatic rings. The van der Waals surface area contributed by atoms with Gasteiger partial charge < -0.3 is 20.5 Å². The van der Waals surface area contributed by atoms with Crippen LogP contribution >= 0.6 is 22.9 Å². The molecule has 0 radical (unpaired) electrons. The number of nitrogens with zero attached hydrogens (tertiary/aromatic N) is 2. The summed E-state index contributed by atoms with van der Waals surface area (Å²) in [6.07, 6.45) is -0.202. The molecule has 0 bridgehead atoms. The van der Waals surface area contributed by atoms with Gasteiger partial charge in [-0.3, -0.25) is 19.0 Å². The number of nitrogens with two attached hydrogens (primary N) is 1. The third-order valence-electron chi connectivity index (χ3n) is 5.93. The zero-order valence-electron chi connectivity index (χ0n) is 23.5. The van der Waals surface area contributed by atoms with Crippen molar-refractivity contribution in [3.8, 4) is 5.75 Å². The molecule has 2 aromatic carbocycles. The number of esters is 1. The molecular weight excluding hydrogens is 602 g/mol. The lowest BCUT2D eigenvalue weighted by Gasteiger charge is -2.22. The van der Waals surface area contributed by atoms with E-state index in [1.165, 1.54) is 19.2 Å². The van der Waals surface area contributed by atoms with Crippen molar-refractivity contribution in [2.45, 2.75) is 56.1 Å². The van der Waals surface area contributed by atoms with Gasteiger partial charge in [-0.05, 0) is 56.2 Å². The zero-order valence-corrected chi connectivity index (χ0v) is 25.9. The number of aromatic nitrogens is 2. The third kappa shape index (κ3) is 7.79. The van der Waals surface area contributed by atoms with Crippen LogP contribution < -0.4 is 20.5 Å². The molecule has 4 aromatic rings. The van der Waals surface area contributed by atoms with E-state index < -0.39 is 27.6 Å². The molecule has 0 fully saturated rings. The van der Waals surface area contributed by atoms with Crippen LogP contribution in [0.3, 0.4) is 0 Å². The van der Waals surface area contributed by atoms with Gasteiger partial charge in [0.2, 0.25) is 5.91 Å². The fourth-order valence-corrected chi connectivity index (χ4v) is 6.62. The maximum absolute atomic E-state index is 13.0. The SMILES string of the molecule is COc1cccc2c1c(NS(=O)(=O)c1ccc(Cl)s1)nn2Cc1cccc(CNC(=O)C[C@H](N)C(=O)OC(C)(C)C)c1. The average molecular weight is 634 g/mol. The number of thiophene rings is 1. The summed E-state index contributed by atoms with van der Waals surface area (Å²) in [7, 11) is -2.44. The van der Waals surface area contributed by atoms with Crippen LogP contribution in [0, 0.1) is 0 Å². The summed E-state index contributed by atoms with van der Waals surface area (Å²) >= 11 is 6.90. The summed E-state index contributed by atoms with van der Waals surface area (Å²) in [4.78, 5) is 24.5. The number of anilines is 1. The Morgan fingerprint density at radius 3 is 2.50 bits per heavy atom. The van der Waals surface area contributed by atoms with E-state index in [-0.39, 0.29) is 28.9 Å². The van der Waals surface area contributed by atoms with Crippen molar-refractivity contribution in [1.29, 1.82) is 0 Å². The molecule has 0 saturated carbocycles. The minimum Gasteiger partial charge on any atom is -0.496 e. The Morgan fingerprint density at radius 2 is 1.83 bits per heavy atom. The molecule has 0 aliphatic carbocycles. The molecule has 11 nitrogen and oxygen atoms in total. The topological polar surface area (TPSA) is 155 Å². The third-order valence-corrected chi connectivity index (χ3v) is 8.99. The molecule has 224 valence electrons. The second-order valence-electron chi connectivity index (χ2n) is 10.5. The summed E-state index contributed by atoms with van der Waals surface area (Å²) < 4.78 is 41.5. The molecule has 0 spiro atoms. The number of carbonyl (C=O) groups is 2. The largest absolute Gasteiger partial charge is 0.496 e. The van der Waals surface area contributed by atoms with Gasteiger partial charge in [0.1, 0.15) is 21.6 Å². The van der Waals surface area contributed by atoms with Crippen molar-refractivity contribution >= 4 is 61.6 Å². The van der Waals surface area contributed by atoms with Crippen LogP contribution in [0.25, 0.3) is 10.9 Å². The van der Waals surface area contributed by atoms with Crippen molar-refractivity contribution < 1.29 is 27.5 Å². The number of nitrogens with one attached hydrogen (secondary N) is 2. The van der Waals surface area contributed by atoms with Gasteiger partial charge in [0.15, 0.2) is 5.82 Å². The van der Waals surface area contributed by atoms with Gasteiger partial charge >= 0.3 is 5.97 Å². The molecule has 2 heterocycles. The number of ether oxygens (including phenoxy) is 2. The Morgan fingerprint density at radius 1 is 1.12 bits per heavy atom. The summed E-state index contributed by atoms with van der Waals surface area (Å²) in [5, 5.41) is 7.87. The van der Waals surface area contributed by atoms with E-state index in [2.05, 4.69) is 15.1 Å². The fourth-order valence-electron chi connectivity index (χ4n) is 4.12. The van der Waals surface area contributed by atoms with Crippen LogP contribution in [0.15, 0.2) is 58.8 Å². The predicted octanol–water partition coefficient (Wildman–Crippen LogP) is 4.28. The highest BCUT2D eigenvalue weighted by molar-refractivity contribution is 7.94. The minimum absolute atomic E-state index is 0.0619. The van der Waals surface area contributed by atoms with E-state index >= 15 is 0 Å². The van der Waals surface area contributed by atoms with E-state index in [0.717, 1.165) is 22.5 Å². The Hall–Kier alpha value is -3.65. The van der Waals surface area contributed by atoms with Gasteiger partial charge in [-0.1, -0.05) is 41.9 Å². The van der Waals surface area contributed by atoms with Gasteiger partial charge in [0, 0.05) is 6.54 Å². The lowest BCUT2D eigenvalue weighted by atomic mass is 10.1. The van der Waals surface area contributed by atoms with Crippen molar-refractivity contribution in [1.82, 2.24) is 15.1 Å². The van der Waals surface area contributed by atoms with Gasteiger partial charge in [-0.15, -0.1) is 11.3 Å². The number of hydrogen-bond acceptors (Lipinski definition) is 9. The van der Waals surface area contributed by atoms with Crippen LogP contribution in [-0.4, -0.2) is 48.8 Å². The molecule has 0 saturated heterocycles. The van der Waals surface area contributed by atoms with E-state index in [1.807, 2.05) is 30.3 Å². The normalized spacial score (nSPS) is 12.6. The molecule has 0 aliphatic heterocycles. The van der Waals surface area contributed by atoms with Crippen molar-refractivity contribution in [3.63, 3.8) is 0 Å². The summed E-state index contributed by atoms with van der Waals surface area (Å²) in [6, 6.07) is 14.7. The number of sulfonamides is 1. The maximum atomic E-state index is 13.0. The summed E-state index contributed by atoms with van der Waals surface area (Å²) in [5.74, 6) is -0.435. The first kappa shape index (κ1) is 31.3. The maximum Gasteiger partial charge on any atom is 0.323 e. The van der Waals surface area contributed by atoms with Crippen LogP contribution in [0.4, 0.5) is 5.82 Å². The molecule has 1 amide bonds. The Kier molecular flexibility index (Phi) is 9.46. The summed E-state index contributed by atoms with van der Waals surface area (Å²) in [6.45, 7) is 5.72. The van der Waals surface area contributed by atoms with Crippen molar-refractivity contribution in [2.24, 2.45) is 5.73 Å². The van der Waals surface area contributed by atoms with Crippen LogP contribution in [-0.2, 0) is 37.4 Å². The first-order valence-electron chi connectivity index (χ1n) is 12.9. The minimum atomic E-state index is -3.94. The lowest BCUT2D eigenvalue weighted by Crippen LogP contribution is -2.41. The van der Waals surface area contributed by atoms with Gasteiger partial charge in [-0.25, -0.2) is 8.42 Å². The van der Waals surface area contributed by atoms with Crippen LogP contribution in [0.5, 0.6) is 5.75 Å². The second-order valence-corrected chi connectivity index (χ2v) is 14.1. The molecular formula is C28H32ClN5O6S2. The first-order chi connectivity index (χ1) is 19.8. The van der Waals surface area contributed by atoms with E-state index in [0.29, 0.717) is 27.5 Å². The van der Waals surface area contributed by atoms with Crippen LogP contribution in [0.1, 0.15) is 38.3 Å². The molecule has 1 atom stereocenters.